The van der Waals surface area contributed by atoms with Crippen LogP contribution in [0.2, 0.25) is 0 Å². The van der Waals surface area contributed by atoms with Crippen LogP contribution >= 0.6 is 0 Å². The maximum absolute atomic E-state index is 12.9. The van der Waals surface area contributed by atoms with Crippen LogP contribution in [0.1, 0.15) is 43.1 Å². The Labute approximate surface area is 178 Å². The van der Waals surface area contributed by atoms with Crippen molar-refractivity contribution in [1.82, 2.24) is 24.3 Å². The highest BCUT2D eigenvalue weighted by atomic mass is 16.5. The number of amides is 1. The van der Waals surface area contributed by atoms with Gasteiger partial charge in [0.25, 0.3) is 5.56 Å². The number of ether oxygens (including phenoxy) is 1. The number of hydrogen-bond donors (Lipinski definition) is 0. The maximum atomic E-state index is 12.9. The van der Waals surface area contributed by atoms with Gasteiger partial charge in [-0.3, -0.25) is 24.0 Å². The summed E-state index contributed by atoms with van der Waals surface area (Å²) in [5.41, 5.74) is 0.961. The average Bonchev–Trinajstić information content (AvgIpc) is 3.13. The zero-order valence-corrected chi connectivity index (χ0v) is 18.2. The summed E-state index contributed by atoms with van der Waals surface area (Å²) in [6.45, 7) is 8.27. The molecule has 3 aliphatic heterocycles. The van der Waals surface area contributed by atoms with Gasteiger partial charge in [0.05, 0.1) is 18.8 Å². The van der Waals surface area contributed by atoms with E-state index in [2.05, 4.69) is 9.80 Å². The topological polar surface area (TPSA) is 70.9 Å². The molecule has 1 amide bonds. The second-order valence-electron chi connectivity index (χ2n) is 8.83. The van der Waals surface area contributed by atoms with Crippen LogP contribution in [0.5, 0.6) is 0 Å². The summed E-state index contributed by atoms with van der Waals surface area (Å²) in [5, 5.41) is 0. The van der Waals surface area contributed by atoms with Gasteiger partial charge in [0, 0.05) is 77.9 Å². The van der Waals surface area contributed by atoms with Gasteiger partial charge in [-0.05, 0) is 19.3 Å². The van der Waals surface area contributed by atoms with Crippen LogP contribution in [0.15, 0.2) is 10.9 Å². The van der Waals surface area contributed by atoms with E-state index in [-0.39, 0.29) is 17.4 Å². The number of aromatic nitrogens is 2. The molecule has 1 aromatic rings. The van der Waals surface area contributed by atoms with E-state index < -0.39 is 0 Å². The Kier molecular flexibility index (Phi) is 7.17. The summed E-state index contributed by atoms with van der Waals surface area (Å²) < 4.78 is 7.00. The summed E-state index contributed by atoms with van der Waals surface area (Å²) in [5.74, 6) is 1.32. The molecule has 166 valence electrons. The Morgan fingerprint density at radius 2 is 1.90 bits per heavy atom. The van der Waals surface area contributed by atoms with Gasteiger partial charge >= 0.3 is 0 Å². The van der Waals surface area contributed by atoms with Crippen molar-refractivity contribution in [1.29, 1.82) is 0 Å². The highest BCUT2D eigenvalue weighted by Gasteiger charge is 2.30. The van der Waals surface area contributed by atoms with Gasteiger partial charge in [0.2, 0.25) is 5.91 Å². The largest absolute Gasteiger partial charge is 0.383 e. The normalized spacial score (nSPS) is 23.4. The molecule has 0 N–H and O–H groups in total. The molecule has 0 aromatic carbocycles. The van der Waals surface area contributed by atoms with Gasteiger partial charge in [-0.25, -0.2) is 4.98 Å². The first-order valence-electron chi connectivity index (χ1n) is 11.5. The zero-order chi connectivity index (χ0) is 20.9. The molecule has 30 heavy (non-hydrogen) atoms. The van der Waals surface area contributed by atoms with Crippen LogP contribution in [0.25, 0.3) is 0 Å². The third-order valence-electron chi connectivity index (χ3n) is 6.78. The summed E-state index contributed by atoms with van der Waals surface area (Å²) in [7, 11) is 1.73. The molecule has 1 unspecified atom stereocenters. The third-order valence-corrected chi connectivity index (χ3v) is 6.78. The quantitative estimate of drug-likeness (QED) is 0.673. The minimum atomic E-state index is 0.0769. The number of piperazine rings is 1. The van der Waals surface area contributed by atoms with E-state index in [0.29, 0.717) is 13.1 Å². The Hall–Kier alpha value is -1.77. The summed E-state index contributed by atoms with van der Waals surface area (Å²) in [6.07, 6.45) is 5.09. The van der Waals surface area contributed by atoms with E-state index in [4.69, 9.17) is 9.72 Å². The van der Waals surface area contributed by atoms with E-state index >= 15 is 0 Å². The first-order chi connectivity index (χ1) is 14.6. The Morgan fingerprint density at radius 3 is 2.70 bits per heavy atom. The molecule has 0 spiro atoms. The Bertz CT molecular complexity index is 787. The van der Waals surface area contributed by atoms with Gasteiger partial charge in [-0.2, -0.15) is 0 Å². The standard InChI is InChI=1S/C22H35N5O3/c1-30-14-13-24-9-11-25(12-10-24)17-22(29)26-8-6-18(16-26)19-15-21(28)27-7-4-2-3-5-20(27)23-19/h15,18H,2-14,16-17H2,1H3. The van der Waals surface area contributed by atoms with E-state index in [9.17, 15) is 9.59 Å². The summed E-state index contributed by atoms with van der Waals surface area (Å²) in [6, 6.07) is 1.71. The van der Waals surface area contributed by atoms with Crippen molar-refractivity contribution < 1.29 is 9.53 Å². The molecule has 2 saturated heterocycles. The van der Waals surface area contributed by atoms with Crippen molar-refractivity contribution in [2.75, 3.05) is 66.1 Å². The number of hydrogen-bond acceptors (Lipinski definition) is 6. The summed E-state index contributed by atoms with van der Waals surface area (Å²) >= 11 is 0. The molecule has 1 aromatic heterocycles. The minimum absolute atomic E-state index is 0.0769. The molecule has 3 aliphatic rings. The number of fused-ring (bicyclic) bond motifs is 1. The average molecular weight is 418 g/mol. The number of aryl methyl sites for hydroxylation is 1. The molecule has 0 saturated carbocycles. The predicted octanol–water partition coefficient (Wildman–Crippen LogP) is 0.550. The van der Waals surface area contributed by atoms with Crippen molar-refractivity contribution in [3.8, 4) is 0 Å². The van der Waals surface area contributed by atoms with Crippen molar-refractivity contribution in [2.45, 2.75) is 44.6 Å². The van der Waals surface area contributed by atoms with Crippen LogP contribution in [-0.2, 0) is 22.5 Å². The van der Waals surface area contributed by atoms with E-state index in [1.54, 1.807) is 13.2 Å². The van der Waals surface area contributed by atoms with Gasteiger partial charge in [0.15, 0.2) is 0 Å². The third kappa shape index (κ3) is 5.10. The minimum Gasteiger partial charge on any atom is -0.383 e. The first kappa shape index (κ1) is 21.5. The van der Waals surface area contributed by atoms with Crippen LogP contribution < -0.4 is 5.56 Å². The number of carbonyl (C=O) groups excluding carboxylic acids is 1. The number of methoxy groups -OCH3 is 1. The molecule has 4 rings (SSSR count). The lowest BCUT2D eigenvalue weighted by Crippen LogP contribution is -2.50. The van der Waals surface area contributed by atoms with Crippen LogP contribution in [0, 0.1) is 0 Å². The first-order valence-corrected chi connectivity index (χ1v) is 11.5. The highest BCUT2D eigenvalue weighted by Crippen LogP contribution is 2.26. The smallest absolute Gasteiger partial charge is 0.253 e. The second kappa shape index (κ2) is 10.0. The lowest BCUT2D eigenvalue weighted by molar-refractivity contribution is -0.131. The fourth-order valence-electron chi connectivity index (χ4n) is 4.85. The van der Waals surface area contributed by atoms with Crippen molar-refractivity contribution in [3.05, 3.63) is 27.9 Å². The molecular formula is C22H35N5O3. The van der Waals surface area contributed by atoms with Crippen molar-refractivity contribution >= 4 is 5.91 Å². The molecule has 8 nitrogen and oxygen atoms in total. The fraction of sp³-hybridized carbons (Fsp3) is 0.773. The molecular weight excluding hydrogens is 382 g/mol. The lowest BCUT2D eigenvalue weighted by Gasteiger charge is -2.34. The number of nitrogens with zero attached hydrogens (tertiary/aromatic N) is 5. The number of likely N-dealkylation sites (tertiary alicyclic amines) is 1. The molecule has 0 aliphatic carbocycles. The Morgan fingerprint density at radius 1 is 1.10 bits per heavy atom. The number of rotatable bonds is 6. The van der Waals surface area contributed by atoms with Crippen molar-refractivity contribution in [3.63, 3.8) is 0 Å². The monoisotopic (exact) mass is 417 g/mol. The highest BCUT2D eigenvalue weighted by molar-refractivity contribution is 5.78. The second-order valence-corrected chi connectivity index (χ2v) is 8.83. The van der Waals surface area contributed by atoms with Crippen LogP contribution in [-0.4, -0.2) is 96.2 Å². The van der Waals surface area contributed by atoms with Crippen molar-refractivity contribution in [2.24, 2.45) is 0 Å². The molecule has 0 bridgehead atoms. The van der Waals surface area contributed by atoms with E-state index in [0.717, 1.165) is 96.0 Å². The molecule has 4 heterocycles. The van der Waals surface area contributed by atoms with Crippen LogP contribution in [0.3, 0.4) is 0 Å². The number of carbonyl (C=O) groups is 1. The van der Waals surface area contributed by atoms with E-state index in [1.165, 1.54) is 0 Å². The Balaban J connectivity index is 1.30. The molecule has 8 heteroatoms. The van der Waals surface area contributed by atoms with Gasteiger partial charge in [0.1, 0.15) is 5.82 Å². The molecule has 1 atom stereocenters. The SMILES string of the molecule is COCCN1CCN(CC(=O)N2CCC(c3cc(=O)n4c(n3)CCCCC4)C2)CC1. The molecule has 2 fully saturated rings. The van der Waals surface area contributed by atoms with Gasteiger partial charge in [-0.1, -0.05) is 6.42 Å². The van der Waals surface area contributed by atoms with Gasteiger partial charge in [-0.15, -0.1) is 0 Å². The van der Waals surface area contributed by atoms with Crippen LogP contribution in [0.4, 0.5) is 0 Å². The molecule has 0 radical (unpaired) electrons. The zero-order valence-electron chi connectivity index (χ0n) is 18.2. The summed E-state index contributed by atoms with van der Waals surface area (Å²) in [4.78, 5) is 36.9. The lowest BCUT2D eigenvalue weighted by atomic mass is 10.0. The van der Waals surface area contributed by atoms with E-state index in [1.807, 2.05) is 9.47 Å². The fourth-order valence-corrected chi connectivity index (χ4v) is 4.85. The predicted molar refractivity (Wildman–Crippen MR) is 115 cm³/mol. The maximum Gasteiger partial charge on any atom is 0.253 e. The van der Waals surface area contributed by atoms with Gasteiger partial charge < -0.3 is 9.64 Å².